The van der Waals surface area contributed by atoms with Crippen molar-refractivity contribution < 1.29 is 4.74 Å². The van der Waals surface area contributed by atoms with Gasteiger partial charge in [-0.05, 0) is 25.6 Å². The normalized spacial score (nSPS) is 13.5. The molecule has 3 nitrogen and oxygen atoms in total. The van der Waals surface area contributed by atoms with E-state index in [0.29, 0.717) is 5.92 Å². The van der Waals surface area contributed by atoms with E-state index in [-0.39, 0.29) is 0 Å². The lowest BCUT2D eigenvalue weighted by Gasteiger charge is -2.24. The maximum Gasteiger partial charge on any atom is 0.0589 e. The van der Waals surface area contributed by atoms with E-state index in [1.54, 1.807) is 7.11 Å². The molecule has 0 fully saturated rings. The van der Waals surface area contributed by atoms with Gasteiger partial charge in [0.25, 0.3) is 0 Å². The third kappa shape index (κ3) is 7.30. The third-order valence-corrected chi connectivity index (χ3v) is 2.37. The maximum absolute atomic E-state index is 5.08. The zero-order chi connectivity index (χ0) is 10.8. The molecule has 0 aliphatic carbocycles. The second kappa shape index (κ2) is 9.44. The second-order valence-electron chi connectivity index (χ2n) is 3.80. The third-order valence-electron chi connectivity index (χ3n) is 2.37. The predicted octanol–water partition coefficient (Wildman–Crippen LogP) is 1.20. The van der Waals surface area contributed by atoms with Crippen LogP contribution in [0.5, 0.6) is 0 Å². The first kappa shape index (κ1) is 13.9. The summed E-state index contributed by atoms with van der Waals surface area (Å²) in [5, 5.41) is 3.38. The predicted molar refractivity (Wildman–Crippen MR) is 61.7 cm³/mol. The number of likely N-dealkylation sites (N-methyl/N-ethyl adjacent to an activating group) is 1. The minimum atomic E-state index is 0.715. The Morgan fingerprint density at radius 2 is 2.07 bits per heavy atom. The van der Waals surface area contributed by atoms with Crippen molar-refractivity contribution >= 4 is 0 Å². The Morgan fingerprint density at radius 1 is 1.36 bits per heavy atom. The van der Waals surface area contributed by atoms with E-state index in [9.17, 15) is 0 Å². The molecule has 0 radical (unpaired) electrons. The van der Waals surface area contributed by atoms with Crippen molar-refractivity contribution in [1.29, 1.82) is 0 Å². The Labute approximate surface area is 88.8 Å². The topological polar surface area (TPSA) is 24.5 Å². The lowest BCUT2D eigenvalue weighted by molar-refractivity contribution is 0.141. The minimum absolute atomic E-state index is 0.715. The van der Waals surface area contributed by atoms with Crippen molar-refractivity contribution in [3.05, 3.63) is 0 Å². The fraction of sp³-hybridized carbons (Fsp3) is 1.00. The van der Waals surface area contributed by atoms with Gasteiger partial charge in [0.05, 0.1) is 6.61 Å². The zero-order valence-corrected chi connectivity index (χ0v) is 10.2. The van der Waals surface area contributed by atoms with Gasteiger partial charge in [0.1, 0.15) is 0 Å². The molecular weight excluding hydrogens is 176 g/mol. The zero-order valence-electron chi connectivity index (χ0n) is 10.2. The van der Waals surface area contributed by atoms with Crippen molar-refractivity contribution in [2.45, 2.75) is 20.8 Å². The molecule has 0 spiro atoms. The molecule has 14 heavy (non-hydrogen) atoms. The molecule has 0 heterocycles. The number of rotatable bonds is 9. The van der Waals surface area contributed by atoms with Crippen molar-refractivity contribution in [1.82, 2.24) is 10.2 Å². The van der Waals surface area contributed by atoms with E-state index in [0.717, 1.165) is 39.3 Å². The van der Waals surface area contributed by atoms with Gasteiger partial charge >= 0.3 is 0 Å². The van der Waals surface area contributed by atoms with Gasteiger partial charge in [-0.25, -0.2) is 0 Å². The van der Waals surface area contributed by atoms with Crippen molar-refractivity contribution in [3.63, 3.8) is 0 Å². The fourth-order valence-corrected chi connectivity index (χ4v) is 1.49. The van der Waals surface area contributed by atoms with E-state index in [4.69, 9.17) is 4.74 Å². The van der Waals surface area contributed by atoms with Crippen LogP contribution in [-0.4, -0.2) is 51.3 Å². The number of methoxy groups -OCH3 is 1. The van der Waals surface area contributed by atoms with Gasteiger partial charge in [-0.2, -0.15) is 0 Å². The summed E-state index contributed by atoms with van der Waals surface area (Å²) in [5.41, 5.74) is 0. The number of ether oxygens (including phenoxy) is 1. The van der Waals surface area contributed by atoms with Crippen LogP contribution in [0.1, 0.15) is 20.8 Å². The van der Waals surface area contributed by atoms with Gasteiger partial charge in [-0.1, -0.05) is 20.8 Å². The van der Waals surface area contributed by atoms with Gasteiger partial charge < -0.3 is 15.0 Å². The van der Waals surface area contributed by atoms with Crippen LogP contribution in [0.15, 0.2) is 0 Å². The highest BCUT2D eigenvalue weighted by Gasteiger charge is 2.07. The second-order valence-corrected chi connectivity index (χ2v) is 3.80. The van der Waals surface area contributed by atoms with Crippen LogP contribution in [0.25, 0.3) is 0 Å². The summed E-state index contributed by atoms with van der Waals surface area (Å²) in [6.45, 7) is 13.0. The highest BCUT2D eigenvalue weighted by Crippen LogP contribution is 1.98. The molecule has 1 unspecified atom stereocenters. The fourth-order valence-electron chi connectivity index (χ4n) is 1.49. The number of hydrogen-bond acceptors (Lipinski definition) is 3. The van der Waals surface area contributed by atoms with E-state index >= 15 is 0 Å². The minimum Gasteiger partial charge on any atom is -0.383 e. The molecule has 0 aliphatic heterocycles. The molecule has 0 rings (SSSR count). The molecule has 0 aromatic carbocycles. The first-order valence-electron chi connectivity index (χ1n) is 5.66. The molecule has 0 bridgehead atoms. The number of hydrogen-bond donors (Lipinski definition) is 1. The highest BCUT2D eigenvalue weighted by atomic mass is 16.5. The van der Waals surface area contributed by atoms with Crippen LogP contribution in [0.4, 0.5) is 0 Å². The van der Waals surface area contributed by atoms with Gasteiger partial charge in [-0.15, -0.1) is 0 Å². The molecule has 3 heteroatoms. The summed E-state index contributed by atoms with van der Waals surface area (Å²) in [6, 6.07) is 0. The molecular formula is C11H26N2O. The van der Waals surface area contributed by atoms with Crippen LogP contribution in [-0.2, 0) is 4.74 Å². The highest BCUT2D eigenvalue weighted by molar-refractivity contribution is 4.63. The summed E-state index contributed by atoms with van der Waals surface area (Å²) in [6.07, 6.45) is 0. The van der Waals surface area contributed by atoms with Crippen LogP contribution < -0.4 is 5.32 Å². The average molecular weight is 202 g/mol. The largest absolute Gasteiger partial charge is 0.383 e. The van der Waals surface area contributed by atoms with Crippen LogP contribution in [0.3, 0.4) is 0 Å². The van der Waals surface area contributed by atoms with Crippen LogP contribution >= 0.6 is 0 Å². The molecule has 86 valence electrons. The molecule has 0 aromatic rings. The Kier molecular flexibility index (Phi) is 9.35. The smallest absolute Gasteiger partial charge is 0.0589 e. The molecule has 0 amide bonds. The molecule has 1 N–H and O–H groups in total. The lowest BCUT2D eigenvalue weighted by Crippen LogP contribution is -2.35. The molecule has 0 aromatic heterocycles. The molecule has 1 atom stereocenters. The quantitative estimate of drug-likeness (QED) is 0.608. The summed E-state index contributed by atoms with van der Waals surface area (Å²) >= 11 is 0. The number of nitrogens with zero attached hydrogens (tertiary/aromatic N) is 1. The standard InChI is InChI=1S/C11H26N2O/c1-5-12-9-11(3)10-13(6-2)7-8-14-4/h11-12H,5-10H2,1-4H3. The molecule has 0 aliphatic rings. The SMILES string of the molecule is CCNCC(C)CN(CC)CCOC. The van der Waals surface area contributed by atoms with Gasteiger partial charge in [0.15, 0.2) is 0 Å². The van der Waals surface area contributed by atoms with E-state index in [1.807, 2.05) is 0 Å². The Hall–Kier alpha value is -0.120. The Bertz CT molecular complexity index is 120. The summed E-state index contributed by atoms with van der Waals surface area (Å²) in [5.74, 6) is 0.715. The van der Waals surface area contributed by atoms with Gasteiger partial charge in [-0.3, -0.25) is 0 Å². The first-order valence-corrected chi connectivity index (χ1v) is 5.66. The van der Waals surface area contributed by atoms with Crippen LogP contribution in [0, 0.1) is 5.92 Å². The van der Waals surface area contributed by atoms with E-state index < -0.39 is 0 Å². The number of nitrogens with one attached hydrogen (secondary N) is 1. The van der Waals surface area contributed by atoms with Crippen molar-refractivity contribution in [2.24, 2.45) is 5.92 Å². The summed E-state index contributed by atoms with van der Waals surface area (Å²) < 4.78 is 5.08. The van der Waals surface area contributed by atoms with E-state index in [2.05, 4.69) is 31.0 Å². The summed E-state index contributed by atoms with van der Waals surface area (Å²) in [7, 11) is 1.76. The Balaban J connectivity index is 3.57. The van der Waals surface area contributed by atoms with Gasteiger partial charge in [0, 0.05) is 20.2 Å². The monoisotopic (exact) mass is 202 g/mol. The van der Waals surface area contributed by atoms with Crippen LogP contribution in [0.2, 0.25) is 0 Å². The maximum atomic E-state index is 5.08. The lowest BCUT2D eigenvalue weighted by atomic mass is 10.1. The first-order chi connectivity index (χ1) is 6.74. The molecule has 0 saturated heterocycles. The average Bonchev–Trinajstić information content (AvgIpc) is 2.21. The van der Waals surface area contributed by atoms with Crippen molar-refractivity contribution in [3.8, 4) is 0 Å². The molecule has 0 saturated carbocycles. The van der Waals surface area contributed by atoms with E-state index in [1.165, 1.54) is 0 Å². The summed E-state index contributed by atoms with van der Waals surface area (Å²) in [4.78, 5) is 2.44. The van der Waals surface area contributed by atoms with Crippen molar-refractivity contribution in [2.75, 3.05) is 46.4 Å². The Morgan fingerprint density at radius 3 is 2.57 bits per heavy atom. The van der Waals surface area contributed by atoms with Gasteiger partial charge in [0.2, 0.25) is 0 Å².